The molecule has 2 aromatic rings. The molecule has 0 aromatic heterocycles. The van der Waals surface area contributed by atoms with Crippen molar-refractivity contribution in [2.24, 2.45) is 5.92 Å². The summed E-state index contributed by atoms with van der Waals surface area (Å²) in [5, 5.41) is 8.81. The van der Waals surface area contributed by atoms with Gasteiger partial charge in [-0.25, -0.2) is 0 Å². The van der Waals surface area contributed by atoms with E-state index in [1.165, 1.54) is 12.1 Å². The summed E-state index contributed by atoms with van der Waals surface area (Å²) in [5.74, 6) is 1.27. The number of anilines is 1. The fraction of sp³-hybridized carbons (Fsp3) is 0.594. The van der Waals surface area contributed by atoms with Crippen LogP contribution in [0.1, 0.15) is 66.0 Å². The monoisotopic (exact) mass is 625 g/mol. The van der Waals surface area contributed by atoms with Crippen LogP contribution in [0.3, 0.4) is 0 Å². The maximum atomic E-state index is 14.4. The van der Waals surface area contributed by atoms with Gasteiger partial charge in [-0.1, -0.05) is 53.7 Å². The Hall–Kier alpha value is -2.92. The molecule has 0 saturated heterocycles. The van der Waals surface area contributed by atoms with Gasteiger partial charge < -0.3 is 24.5 Å². The molecule has 1 amide bonds. The van der Waals surface area contributed by atoms with Crippen LogP contribution in [0.5, 0.6) is 17.2 Å². The van der Waals surface area contributed by atoms with Gasteiger partial charge in [0.15, 0.2) is 0 Å². The lowest BCUT2D eigenvalue weighted by Crippen LogP contribution is -2.52. The zero-order chi connectivity index (χ0) is 32.6. The highest BCUT2D eigenvalue weighted by Gasteiger charge is 2.43. The van der Waals surface area contributed by atoms with Crippen molar-refractivity contribution in [3.63, 3.8) is 0 Å². The van der Waals surface area contributed by atoms with Crippen LogP contribution in [0.2, 0.25) is 18.1 Å². The van der Waals surface area contributed by atoms with Crippen molar-refractivity contribution in [2.45, 2.75) is 96.8 Å². The van der Waals surface area contributed by atoms with Crippen molar-refractivity contribution in [3.05, 3.63) is 48.0 Å². The van der Waals surface area contributed by atoms with E-state index in [0.717, 1.165) is 0 Å². The summed E-state index contributed by atoms with van der Waals surface area (Å²) in [4.78, 5) is 13.4. The van der Waals surface area contributed by atoms with Crippen LogP contribution in [0, 0.1) is 5.92 Å². The van der Waals surface area contributed by atoms with Gasteiger partial charge >= 0.3 is 6.18 Å². The SMILES string of the molecule is CC[C@@H](CNc1ccc(OC)cc1OC)NC(=O)C(CC(C)C)N[C@@H](c1ccc(O[Si](C)(C)C(C)(C)C)cc1)C(F)(F)F. The van der Waals surface area contributed by atoms with E-state index in [1.54, 1.807) is 38.5 Å². The van der Waals surface area contributed by atoms with Crippen LogP contribution in [-0.4, -0.2) is 53.2 Å². The number of carbonyl (C=O) groups excluding carboxylic acids is 1. The van der Waals surface area contributed by atoms with Gasteiger partial charge in [0.25, 0.3) is 0 Å². The van der Waals surface area contributed by atoms with Gasteiger partial charge in [-0.05, 0) is 66.7 Å². The molecule has 3 N–H and O–H groups in total. The van der Waals surface area contributed by atoms with E-state index in [4.69, 9.17) is 13.9 Å². The van der Waals surface area contributed by atoms with Gasteiger partial charge in [-0.3, -0.25) is 10.1 Å². The molecular formula is C32H50F3N3O4Si. The summed E-state index contributed by atoms with van der Waals surface area (Å²) < 4.78 is 60.1. The second-order valence-electron chi connectivity index (χ2n) is 12.8. The molecule has 11 heteroatoms. The second-order valence-corrected chi connectivity index (χ2v) is 17.5. The molecular weight excluding hydrogens is 575 g/mol. The lowest BCUT2D eigenvalue weighted by molar-refractivity contribution is -0.161. The van der Waals surface area contributed by atoms with Gasteiger partial charge in [-0.2, -0.15) is 13.2 Å². The highest BCUT2D eigenvalue weighted by Crippen LogP contribution is 2.39. The van der Waals surface area contributed by atoms with Crippen LogP contribution in [0.15, 0.2) is 42.5 Å². The molecule has 0 aliphatic carbocycles. The minimum Gasteiger partial charge on any atom is -0.544 e. The zero-order valence-corrected chi connectivity index (χ0v) is 28.2. The molecule has 0 spiro atoms. The van der Waals surface area contributed by atoms with Crippen molar-refractivity contribution >= 4 is 19.9 Å². The predicted molar refractivity (Wildman–Crippen MR) is 170 cm³/mol. The van der Waals surface area contributed by atoms with Crippen LogP contribution >= 0.6 is 0 Å². The van der Waals surface area contributed by atoms with Crippen LogP contribution < -0.4 is 29.9 Å². The highest BCUT2D eigenvalue weighted by molar-refractivity contribution is 6.74. The van der Waals surface area contributed by atoms with E-state index in [9.17, 15) is 18.0 Å². The molecule has 2 rings (SSSR count). The number of hydrogen-bond donors (Lipinski definition) is 3. The predicted octanol–water partition coefficient (Wildman–Crippen LogP) is 7.70. The third kappa shape index (κ3) is 10.6. The third-order valence-corrected chi connectivity index (χ3v) is 12.3. The molecule has 0 heterocycles. The van der Waals surface area contributed by atoms with E-state index in [2.05, 4.69) is 49.8 Å². The Bertz CT molecular complexity index is 1170. The van der Waals surface area contributed by atoms with Crippen LogP contribution in [0.4, 0.5) is 18.9 Å². The first kappa shape index (κ1) is 36.3. The van der Waals surface area contributed by atoms with Crippen LogP contribution in [-0.2, 0) is 4.79 Å². The number of methoxy groups -OCH3 is 2. The van der Waals surface area contributed by atoms with E-state index in [1.807, 2.05) is 26.8 Å². The van der Waals surface area contributed by atoms with Crippen molar-refractivity contribution in [2.75, 3.05) is 26.1 Å². The summed E-state index contributed by atoms with van der Waals surface area (Å²) in [6.45, 7) is 16.5. The van der Waals surface area contributed by atoms with E-state index < -0.39 is 32.5 Å². The Labute approximate surface area is 256 Å². The van der Waals surface area contributed by atoms with Gasteiger partial charge in [-0.15, -0.1) is 0 Å². The normalized spacial score (nSPS) is 14.6. The number of carbonyl (C=O) groups is 1. The minimum atomic E-state index is -4.62. The summed E-state index contributed by atoms with van der Waals surface area (Å²) in [7, 11) is 0.961. The summed E-state index contributed by atoms with van der Waals surface area (Å²) >= 11 is 0. The van der Waals surface area contributed by atoms with E-state index in [0.29, 0.717) is 35.9 Å². The Balaban J connectivity index is 2.21. The Morgan fingerprint density at radius 3 is 2.05 bits per heavy atom. The van der Waals surface area contributed by atoms with Crippen LogP contribution in [0.25, 0.3) is 0 Å². The van der Waals surface area contributed by atoms with Crippen molar-refractivity contribution in [1.29, 1.82) is 0 Å². The molecule has 0 bridgehead atoms. The standard InChI is InChI=1S/C32H50F3N3O4Si/c1-11-23(20-36-26-17-16-25(40-7)19-28(26)41-8)37-30(39)27(18-21(2)3)38-29(32(33,34)35)22-12-14-24(15-13-22)42-43(9,10)31(4,5)6/h12-17,19,21,23,27,29,36,38H,11,18,20H2,1-10H3,(H,37,39)/t23-,27?,29-/m0/s1. The largest absolute Gasteiger partial charge is 0.544 e. The van der Waals surface area contributed by atoms with Crippen molar-refractivity contribution in [1.82, 2.24) is 10.6 Å². The zero-order valence-electron chi connectivity index (χ0n) is 27.2. The summed E-state index contributed by atoms with van der Waals surface area (Å²) in [6, 6.07) is 7.96. The molecule has 242 valence electrons. The first-order chi connectivity index (χ1) is 19.9. The fourth-order valence-corrected chi connectivity index (χ4v) is 5.29. The molecule has 0 aliphatic heterocycles. The van der Waals surface area contributed by atoms with Crippen molar-refractivity contribution < 1.29 is 31.9 Å². The Kier molecular flexibility index (Phi) is 12.8. The van der Waals surface area contributed by atoms with Crippen molar-refractivity contribution in [3.8, 4) is 17.2 Å². The molecule has 43 heavy (non-hydrogen) atoms. The highest BCUT2D eigenvalue weighted by atomic mass is 28.4. The lowest BCUT2D eigenvalue weighted by Gasteiger charge is -2.36. The Morgan fingerprint density at radius 2 is 1.56 bits per heavy atom. The first-order valence-electron chi connectivity index (χ1n) is 14.8. The number of rotatable bonds is 15. The topological polar surface area (TPSA) is 80.8 Å². The van der Waals surface area contributed by atoms with Gasteiger partial charge in [0, 0.05) is 18.7 Å². The maximum Gasteiger partial charge on any atom is 0.407 e. The molecule has 1 unspecified atom stereocenters. The quantitative estimate of drug-likeness (QED) is 0.176. The molecule has 7 nitrogen and oxygen atoms in total. The number of hydrogen-bond acceptors (Lipinski definition) is 6. The molecule has 2 aromatic carbocycles. The number of ether oxygens (including phenoxy) is 2. The van der Waals surface area contributed by atoms with Gasteiger partial charge in [0.2, 0.25) is 14.2 Å². The number of halogens is 3. The summed E-state index contributed by atoms with van der Waals surface area (Å²) in [5.41, 5.74) is 0.739. The lowest BCUT2D eigenvalue weighted by atomic mass is 9.99. The molecule has 0 saturated carbocycles. The summed E-state index contributed by atoms with van der Waals surface area (Å²) in [6.07, 6.45) is -3.81. The maximum absolute atomic E-state index is 14.4. The minimum absolute atomic E-state index is 0.0146. The second kappa shape index (κ2) is 15.2. The Morgan fingerprint density at radius 1 is 0.953 bits per heavy atom. The number of benzene rings is 2. The smallest absolute Gasteiger partial charge is 0.407 e. The van der Waals surface area contributed by atoms with Gasteiger partial charge in [0.05, 0.1) is 25.9 Å². The molecule has 0 radical (unpaired) electrons. The molecule has 0 fully saturated rings. The number of alkyl halides is 3. The number of amides is 1. The van der Waals surface area contributed by atoms with Gasteiger partial charge in [0.1, 0.15) is 23.3 Å². The average molecular weight is 626 g/mol. The molecule has 3 atom stereocenters. The number of nitrogens with one attached hydrogen (secondary N) is 3. The fourth-order valence-electron chi connectivity index (χ4n) is 4.26. The average Bonchev–Trinajstić information content (AvgIpc) is 2.91. The molecule has 0 aliphatic rings. The third-order valence-electron chi connectivity index (χ3n) is 7.90. The first-order valence-corrected chi connectivity index (χ1v) is 17.7. The van der Waals surface area contributed by atoms with E-state index in [-0.39, 0.29) is 29.0 Å². The van der Waals surface area contributed by atoms with E-state index >= 15 is 0 Å².